The second kappa shape index (κ2) is 4.95. The summed E-state index contributed by atoms with van der Waals surface area (Å²) in [5.74, 6) is 0. The molecule has 0 radical (unpaired) electrons. The van der Waals surface area contributed by atoms with Crippen molar-refractivity contribution in [3.8, 4) is 0 Å². The summed E-state index contributed by atoms with van der Waals surface area (Å²) in [6, 6.07) is 16.6. The predicted molar refractivity (Wildman–Crippen MR) is 74.7 cm³/mol. The lowest BCUT2D eigenvalue weighted by Gasteiger charge is -2.16. The second-order valence-corrected chi connectivity index (χ2v) is 6.90. The first kappa shape index (κ1) is 12.2. The molecule has 17 heavy (non-hydrogen) atoms. The van der Waals surface area contributed by atoms with Crippen LogP contribution in [0.4, 0.5) is 5.69 Å². The van der Waals surface area contributed by atoms with Gasteiger partial charge in [-0.15, -0.1) is 0 Å². The minimum Gasteiger partial charge on any atom is -0.333 e. The van der Waals surface area contributed by atoms with Gasteiger partial charge in [0.25, 0.3) is 0 Å². The molecule has 0 heterocycles. The molecular weight excluding hydrogens is 253 g/mol. The molecule has 0 aromatic heterocycles. The minimum absolute atomic E-state index is 0.668. The average Bonchev–Trinajstić information content (AvgIpc) is 2.33. The molecule has 0 aliphatic carbocycles. The number of rotatable bonds is 3. The van der Waals surface area contributed by atoms with E-state index in [4.69, 9.17) is 11.6 Å². The van der Waals surface area contributed by atoms with E-state index in [-0.39, 0.29) is 0 Å². The van der Waals surface area contributed by atoms with Crippen LogP contribution in [-0.4, -0.2) is 6.66 Å². The summed E-state index contributed by atoms with van der Waals surface area (Å²) in [5.41, 5.74) is 0.809. The van der Waals surface area contributed by atoms with Crippen LogP contribution in [0.5, 0.6) is 0 Å². The molecule has 2 rings (SSSR count). The zero-order valence-corrected chi connectivity index (χ0v) is 11.1. The van der Waals surface area contributed by atoms with E-state index in [9.17, 15) is 4.57 Å². The molecule has 88 valence electrons. The van der Waals surface area contributed by atoms with Crippen LogP contribution in [0.2, 0.25) is 5.02 Å². The van der Waals surface area contributed by atoms with Crippen molar-refractivity contribution in [2.75, 3.05) is 11.8 Å². The molecular formula is C13H13ClNOP. The first-order valence-corrected chi connectivity index (χ1v) is 7.78. The van der Waals surface area contributed by atoms with Gasteiger partial charge in [-0.05, 0) is 36.4 Å². The molecule has 0 bridgehead atoms. The van der Waals surface area contributed by atoms with E-state index in [0.29, 0.717) is 5.02 Å². The molecule has 0 fully saturated rings. The third kappa shape index (κ3) is 3.12. The van der Waals surface area contributed by atoms with E-state index < -0.39 is 7.29 Å². The molecule has 0 saturated heterocycles. The smallest absolute Gasteiger partial charge is 0.195 e. The predicted octanol–water partition coefficient (Wildman–Crippen LogP) is 3.99. The monoisotopic (exact) mass is 265 g/mol. The summed E-state index contributed by atoms with van der Waals surface area (Å²) in [4.78, 5) is 0. The topological polar surface area (TPSA) is 29.1 Å². The molecule has 1 unspecified atom stereocenters. The van der Waals surface area contributed by atoms with Crippen LogP contribution in [0, 0.1) is 0 Å². The molecule has 1 atom stereocenters. The quantitative estimate of drug-likeness (QED) is 0.851. The van der Waals surface area contributed by atoms with E-state index in [0.717, 1.165) is 11.0 Å². The zero-order valence-electron chi connectivity index (χ0n) is 9.43. The molecule has 2 aromatic carbocycles. The maximum absolute atomic E-state index is 12.5. The molecule has 0 aliphatic rings. The molecule has 1 N–H and O–H groups in total. The Kier molecular flexibility index (Phi) is 3.56. The van der Waals surface area contributed by atoms with Crippen molar-refractivity contribution >= 4 is 29.9 Å². The van der Waals surface area contributed by atoms with E-state index in [1.165, 1.54) is 0 Å². The van der Waals surface area contributed by atoms with Gasteiger partial charge >= 0.3 is 0 Å². The lowest BCUT2D eigenvalue weighted by Crippen LogP contribution is -2.09. The van der Waals surface area contributed by atoms with Gasteiger partial charge in [0.2, 0.25) is 0 Å². The van der Waals surface area contributed by atoms with Gasteiger partial charge in [-0.2, -0.15) is 0 Å². The van der Waals surface area contributed by atoms with Crippen LogP contribution in [0.15, 0.2) is 54.6 Å². The Balaban J connectivity index is 2.23. The number of nitrogens with one attached hydrogen (secondary N) is 1. The second-order valence-electron chi connectivity index (χ2n) is 3.88. The Labute approximate surface area is 106 Å². The van der Waals surface area contributed by atoms with Crippen molar-refractivity contribution in [3.05, 3.63) is 59.6 Å². The maximum atomic E-state index is 12.5. The number of halogens is 1. The summed E-state index contributed by atoms with van der Waals surface area (Å²) in [6.45, 7) is 1.72. The Morgan fingerprint density at radius 1 is 1.00 bits per heavy atom. The fourth-order valence-corrected chi connectivity index (χ4v) is 3.19. The summed E-state index contributed by atoms with van der Waals surface area (Å²) in [5, 5.41) is 4.54. The third-order valence-electron chi connectivity index (χ3n) is 2.44. The number of hydrogen-bond donors (Lipinski definition) is 1. The van der Waals surface area contributed by atoms with Crippen molar-refractivity contribution < 1.29 is 4.57 Å². The standard InChI is InChI=1S/C13H13ClNOP/c1-17(16,13-5-3-2-4-6-13)15-12-9-7-11(14)8-10-12/h2-10H,1H3,(H,15,16). The van der Waals surface area contributed by atoms with E-state index in [2.05, 4.69) is 5.09 Å². The molecule has 2 aromatic rings. The highest BCUT2D eigenvalue weighted by Gasteiger charge is 2.17. The van der Waals surface area contributed by atoms with Crippen LogP contribution in [0.1, 0.15) is 0 Å². The van der Waals surface area contributed by atoms with Crippen molar-refractivity contribution in [2.45, 2.75) is 0 Å². The molecule has 2 nitrogen and oxygen atoms in total. The normalized spacial score (nSPS) is 14.0. The van der Waals surface area contributed by atoms with Gasteiger partial charge in [0.1, 0.15) is 0 Å². The van der Waals surface area contributed by atoms with Crippen LogP contribution in [-0.2, 0) is 4.57 Å². The number of benzene rings is 2. The minimum atomic E-state index is -2.57. The average molecular weight is 266 g/mol. The highest BCUT2D eigenvalue weighted by atomic mass is 35.5. The summed E-state index contributed by atoms with van der Waals surface area (Å²) in [7, 11) is -2.57. The Bertz CT molecular complexity index is 539. The van der Waals surface area contributed by atoms with Crippen LogP contribution < -0.4 is 10.4 Å². The fraction of sp³-hybridized carbons (Fsp3) is 0.0769. The molecule has 0 saturated carbocycles. The van der Waals surface area contributed by atoms with Gasteiger partial charge in [0, 0.05) is 22.7 Å². The summed E-state index contributed by atoms with van der Waals surface area (Å²) >= 11 is 5.80. The van der Waals surface area contributed by atoms with E-state index >= 15 is 0 Å². The lowest BCUT2D eigenvalue weighted by atomic mass is 10.3. The Morgan fingerprint density at radius 3 is 2.18 bits per heavy atom. The van der Waals surface area contributed by atoms with Crippen LogP contribution >= 0.6 is 18.9 Å². The van der Waals surface area contributed by atoms with Crippen molar-refractivity contribution in [1.82, 2.24) is 0 Å². The maximum Gasteiger partial charge on any atom is 0.195 e. The highest BCUT2D eigenvalue weighted by Crippen LogP contribution is 2.40. The molecule has 0 aliphatic heterocycles. The Hall–Kier alpha value is -1.24. The molecule has 4 heteroatoms. The number of anilines is 1. The van der Waals surface area contributed by atoms with Gasteiger partial charge in [0.05, 0.1) is 0 Å². The number of hydrogen-bond acceptors (Lipinski definition) is 1. The first-order chi connectivity index (χ1) is 8.08. The van der Waals surface area contributed by atoms with Crippen molar-refractivity contribution in [2.24, 2.45) is 0 Å². The summed E-state index contributed by atoms with van der Waals surface area (Å²) < 4.78 is 12.5. The van der Waals surface area contributed by atoms with E-state index in [1.54, 1.807) is 18.8 Å². The van der Waals surface area contributed by atoms with Crippen molar-refractivity contribution in [1.29, 1.82) is 0 Å². The fourth-order valence-electron chi connectivity index (χ4n) is 1.55. The van der Waals surface area contributed by atoms with Gasteiger partial charge < -0.3 is 5.09 Å². The summed E-state index contributed by atoms with van der Waals surface area (Å²) in [6.07, 6.45) is 0. The van der Waals surface area contributed by atoms with Gasteiger partial charge in [-0.1, -0.05) is 29.8 Å². The van der Waals surface area contributed by atoms with Gasteiger partial charge in [0.15, 0.2) is 7.29 Å². The van der Waals surface area contributed by atoms with Gasteiger partial charge in [-0.3, -0.25) is 4.57 Å². The van der Waals surface area contributed by atoms with Crippen molar-refractivity contribution in [3.63, 3.8) is 0 Å². The molecule has 0 spiro atoms. The Morgan fingerprint density at radius 2 is 1.59 bits per heavy atom. The first-order valence-electron chi connectivity index (χ1n) is 5.25. The SMILES string of the molecule is CP(=O)(Nc1ccc(Cl)cc1)c1ccccc1. The highest BCUT2D eigenvalue weighted by molar-refractivity contribution is 7.72. The zero-order chi connectivity index (χ0) is 12.3. The third-order valence-corrected chi connectivity index (χ3v) is 4.66. The largest absolute Gasteiger partial charge is 0.333 e. The van der Waals surface area contributed by atoms with Crippen LogP contribution in [0.25, 0.3) is 0 Å². The van der Waals surface area contributed by atoms with Gasteiger partial charge in [-0.25, -0.2) is 0 Å². The lowest BCUT2D eigenvalue weighted by molar-refractivity contribution is 0.588. The van der Waals surface area contributed by atoms with E-state index in [1.807, 2.05) is 42.5 Å². The molecule has 0 amide bonds. The van der Waals surface area contributed by atoms with Crippen LogP contribution in [0.3, 0.4) is 0 Å².